The van der Waals surface area contributed by atoms with Crippen molar-refractivity contribution in [2.45, 2.75) is 32.9 Å². The second-order valence-electron chi connectivity index (χ2n) is 5.58. The Labute approximate surface area is 129 Å². The van der Waals surface area contributed by atoms with Crippen molar-refractivity contribution in [3.63, 3.8) is 0 Å². The standard InChI is InChI=1S/C16H23BrN2O/c1-11(2)19(4)8-7-18-12(3)16-10-13-9-14(17)5-6-15(13)20-16/h5-6,9-12,18H,7-8H2,1-4H3. The summed E-state index contributed by atoms with van der Waals surface area (Å²) in [6, 6.07) is 9.01. The molecule has 0 saturated heterocycles. The van der Waals surface area contributed by atoms with E-state index in [1.54, 1.807) is 0 Å². The Morgan fingerprint density at radius 1 is 1.25 bits per heavy atom. The quantitative estimate of drug-likeness (QED) is 0.856. The highest BCUT2D eigenvalue weighted by Gasteiger charge is 2.11. The second-order valence-corrected chi connectivity index (χ2v) is 6.50. The van der Waals surface area contributed by atoms with Gasteiger partial charge in [0, 0.05) is 29.0 Å². The van der Waals surface area contributed by atoms with Crippen LogP contribution in [0, 0.1) is 0 Å². The third kappa shape index (κ3) is 3.84. The molecule has 2 aromatic rings. The van der Waals surface area contributed by atoms with Crippen molar-refractivity contribution in [3.8, 4) is 0 Å². The van der Waals surface area contributed by atoms with Gasteiger partial charge in [-0.1, -0.05) is 15.9 Å². The number of nitrogens with zero attached hydrogens (tertiary/aromatic N) is 1. The molecule has 1 aromatic heterocycles. The molecule has 0 bridgehead atoms. The van der Waals surface area contributed by atoms with E-state index in [0.717, 1.165) is 34.3 Å². The maximum atomic E-state index is 5.89. The van der Waals surface area contributed by atoms with Gasteiger partial charge >= 0.3 is 0 Å². The van der Waals surface area contributed by atoms with Crippen molar-refractivity contribution in [2.75, 3.05) is 20.1 Å². The Bertz CT molecular complexity index is 565. The van der Waals surface area contributed by atoms with Gasteiger partial charge in [0.1, 0.15) is 11.3 Å². The van der Waals surface area contributed by atoms with E-state index in [4.69, 9.17) is 4.42 Å². The number of benzene rings is 1. The Balaban J connectivity index is 1.95. The first-order valence-corrected chi connectivity index (χ1v) is 7.89. The first-order valence-electron chi connectivity index (χ1n) is 7.10. The summed E-state index contributed by atoms with van der Waals surface area (Å²) in [5.41, 5.74) is 0.941. The number of furan rings is 1. The summed E-state index contributed by atoms with van der Waals surface area (Å²) >= 11 is 3.49. The number of hydrogen-bond acceptors (Lipinski definition) is 3. The fourth-order valence-corrected chi connectivity index (χ4v) is 2.44. The van der Waals surface area contributed by atoms with E-state index in [0.29, 0.717) is 6.04 Å². The number of hydrogen-bond donors (Lipinski definition) is 1. The predicted molar refractivity (Wildman–Crippen MR) is 88.1 cm³/mol. The highest BCUT2D eigenvalue weighted by molar-refractivity contribution is 9.10. The number of halogens is 1. The molecule has 110 valence electrons. The number of rotatable bonds is 6. The Morgan fingerprint density at radius 3 is 2.70 bits per heavy atom. The fraction of sp³-hybridized carbons (Fsp3) is 0.500. The summed E-state index contributed by atoms with van der Waals surface area (Å²) in [5, 5.41) is 4.65. The van der Waals surface area contributed by atoms with Crippen LogP contribution in [0.1, 0.15) is 32.6 Å². The largest absolute Gasteiger partial charge is 0.459 e. The van der Waals surface area contributed by atoms with E-state index in [1.165, 1.54) is 0 Å². The molecular weight excluding hydrogens is 316 g/mol. The normalized spacial score (nSPS) is 13.6. The smallest absolute Gasteiger partial charge is 0.134 e. The Kier molecular flexibility index (Phi) is 5.24. The maximum absolute atomic E-state index is 5.89. The highest BCUT2D eigenvalue weighted by atomic mass is 79.9. The molecule has 1 atom stereocenters. The van der Waals surface area contributed by atoms with Crippen LogP contribution in [0.25, 0.3) is 11.0 Å². The van der Waals surface area contributed by atoms with E-state index in [-0.39, 0.29) is 6.04 Å². The summed E-state index contributed by atoms with van der Waals surface area (Å²) in [5.74, 6) is 0.991. The summed E-state index contributed by atoms with van der Waals surface area (Å²) in [4.78, 5) is 2.33. The molecule has 0 saturated carbocycles. The molecule has 4 heteroatoms. The lowest BCUT2D eigenvalue weighted by molar-refractivity contribution is 0.268. The van der Waals surface area contributed by atoms with Crippen LogP contribution in [0.4, 0.5) is 0 Å². The maximum Gasteiger partial charge on any atom is 0.134 e. The molecule has 0 aliphatic heterocycles. The van der Waals surface area contributed by atoms with E-state index in [9.17, 15) is 0 Å². The highest BCUT2D eigenvalue weighted by Crippen LogP contribution is 2.26. The van der Waals surface area contributed by atoms with Crippen molar-refractivity contribution >= 4 is 26.9 Å². The van der Waals surface area contributed by atoms with Gasteiger partial charge in [0.2, 0.25) is 0 Å². The van der Waals surface area contributed by atoms with Gasteiger partial charge in [0.15, 0.2) is 0 Å². The minimum absolute atomic E-state index is 0.224. The number of likely N-dealkylation sites (N-methyl/N-ethyl adjacent to an activating group) is 1. The minimum Gasteiger partial charge on any atom is -0.459 e. The Hall–Kier alpha value is -0.840. The van der Waals surface area contributed by atoms with Crippen LogP contribution < -0.4 is 5.32 Å². The van der Waals surface area contributed by atoms with Crippen molar-refractivity contribution in [1.29, 1.82) is 0 Å². The van der Waals surface area contributed by atoms with Crippen LogP contribution in [0.2, 0.25) is 0 Å². The average Bonchev–Trinajstić information content (AvgIpc) is 2.81. The SMILES string of the molecule is CC(NCCN(C)C(C)C)c1cc2cc(Br)ccc2o1. The molecule has 1 N–H and O–H groups in total. The molecule has 0 aliphatic rings. The zero-order chi connectivity index (χ0) is 14.7. The first kappa shape index (κ1) is 15.5. The molecule has 0 radical (unpaired) electrons. The van der Waals surface area contributed by atoms with E-state index in [2.05, 4.69) is 66.1 Å². The number of nitrogens with one attached hydrogen (secondary N) is 1. The summed E-state index contributed by atoms with van der Waals surface area (Å²) in [6.07, 6.45) is 0. The topological polar surface area (TPSA) is 28.4 Å². The third-order valence-electron chi connectivity index (χ3n) is 3.72. The van der Waals surface area contributed by atoms with Crippen LogP contribution in [0.5, 0.6) is 0 Å². The monoisotopic (exact) mass is 338 g/mol. The third-order valence-corrected chi connectivity index (χ3v) is 4.21. The van der Waals surface area contributed by atoms with Gasteiger partial charge in [-0.15, -0.1) is 0 Å². The summed E-state index contributed by atoms with van der Waals surface area (Å²) < 4.78 is 6.97. The molecule has 0 aliphatic carbocycles. The van der Waals surface area contributed by atoms with Gasteiger partial charge in [-0.05, 0) is 52.1 Å². The van der Waals surface area contributed by atoms with Crippen LogP contribution in [0.3, 0.4) is 0 Å². The van der Waals surface area contributed by atoms with Crippen LogP contribution in [0.15, 0.2) is 33.2 Å². The summed E-state index contributed by atoms with van der Waals surface area (Å²) in [6.45, 7) is 8.55. The van der Waals surface area contributed by atoms with Gasteiger partial charge in [0.25, 0.3) is 0 Å². The molecule has 1 heterocycles. The molecule has 3 nitrogen and oxygen atoms in total. The van der Waals surface area contributed by atoms with Gasteiger partial charge in [-0.25, -0.2) is 0 Å². The minimum atomic E-state index is 0.224. The van der Waals surface area contributed by atoms with Crippen molar-refractivity contribution in [2.24, 2.45) is 0 Å². The number of fused-ring (bicyclic) bond motifs is 1. The van der Waals surface area contributed by atoms with E-state index in [1.807, 2.05) is 12.1 Å². The molecule has 1 aromatic carbocycles. The van der Waals surface area contributed by atoms with E-state index >= 15 is 0 Å². The van der Waals surface area contributed by atoms with Gasteiger partial charge in [-0.3, -0.25) is 0 Å². The zero-order valence-electron chi connectivity index (χ0n) is 12.6. The molecular formula is C16H23BrN2O. The summed E-state index contributed by atoms with van der Waals surface area (Å²) in [7, 11) is 2.15. The lowest BCUT2D eigenvalue weighted by Gasteiger charge is -2.22. The second kappa shape index (κ2) is 6.74. The van der Waals surface area contributed by atoms with Crippen LogP contribution >= 0.6 is 15.9 Å². The van der Waals surface area contributed by atoms with Gasteiger partial charge < -0.3 is 14.6 Å². The van der Waals surface area contributed by atoms with E-state index < -0.39 is 0 Å². The van der Waals surface area contributed by atoms with Gasteiger partial charge in [0.05, 0.1) is 6.04 Å². The molecule has 0 fully saturated rings. The zero-order valence-corrected chi connectivity index (χ0v) is 14.2. The Morgan fingerprint density at radius 2 is 2.00 bits per heavy atom. The van der Waals surface area contributed by atoms with Crippen LogP contribution in [-0.2, 0) is 0 Å². The predicted octanol–water partition coefficient (Wildman–Crippen LogP) is 4.19. The van der Waals surface area contributed by atoms with Crippen LogP contribution in [-0.4, -0.2) is 31.1 Å². The lowest BCUT2D eigenvalue weighted by atomic mass is 10.2. The molecule has 2 rings (SSSR count). The fourth-order valence-electron chi connectivity index (χ4n) is 2.06. The van der Waals surface area contributed by atoms with Gasteiger partial charge in [-0.2, -0.15) is 0 Å². The van der Waals surface area contributed by atoms with Crippen molar-refractivity contribution in [3.05, 3.63) is 34.5 Å². The molecule has 0 spiro atoms. The molecule has 1 unspecified atom stereocenters. The van der Waals surface area contributed by atoms with Crippen molar-refractivity contribution in [1.82, 2.24) is 10.2 Å². The first-order chi connectivity index (χ1) is 9.47. The lowest BCUT2D eigenvalue weighted by Crippen LogP contribution is -2.34. The molecule has 0 amide bonds. The average molecular weight is 339 g/mol. The molecule has 20 heavy (non-hydrogen) atoms. The van der Waals surface area contributed by atoms with Crippen molar-refractivity contribution < 1.29 is 4.42 Å².